The van der Waals surface area contributed by atoms with Crippen molar-refractivity contribution in [3.63, 3.8) is 0 Å². The van der Waals surface area contributed by atoms with Gasteiger partial charge in [0.25, 0.3) is 0 Å². The largest absolute Gasteiger partial charge is 0.490 e. The van der Waals surface area contributed by atoms with E-state index in [0.29, 0.717) is 11.3 Å². The van der Waals surface area contributed by atoms with Crippen molar-refractivity contribution < 1.29 is 4.42 Å². The van der Waals surface area contributed by atoms with Crippen molar-refractivity contribution in [1.29, 1.82) is 0 Å². The van der Waals surface area contributed by atoms with Crippen LogP contribution in [0.15, 0.2) is 16.5 Å². The van der Waals surface area contributed by atoms with Crippen LogP contribution in [-0.2, 0) is 0 Å². The minimum atomic E-state index is 0.359. The minimum absolute atomic E-state index is 0.359. The van der Waals surface area contributed by atoms with Gasteiger partial charge in [-0.15, -0.1) is 0 Å². The third-order valence-corrected chi connectivity index (χ3v) is 0.648. The molecule has 0 aliphatic carbocycles. The van der Waals surface area contributed by atoms with Crippen molar-refractivity contribution >= 4 is 27.0 Å². The fraction of sp³-hybridized carbons (Fsp3) is 0. The molecule has 0 bridgehead atoms. The summed E-state index contributed by atoms with van der Waals surface area (Å²) in [7, 11) is 10.3. The molecule has 1 heterocycles. The average molecular weight is 87.7 g/mol. The fourth-order valence-electron chi connectivity index (χ4n) is 0.368. The predicted molar refractivity (Wildman–Crippen MR) is 29.5 cm³/mol. The first-order valence-corrected chi connectivity index (χ1v) is 1.90. The topological polar surface area (TPSA) is 13.1 Å². The zero-order valence-electron chi connectivity index (χ0n) is 3.72. The lowest BCUT2D eigenvalue weighted by Gasteiger charge is -1.77. The lowest BCUT2D eigenvalue weighted by molar-refractivity contribution is 0.639. The number of hydrogen-bond acceptors (Lipinski definition) is 1. The van der Waals surface area contributed by atoms with Crippen LogP contribution in [0.4, 0.5) is 0 Å². The highest BCUT2D eigenvalue weighted by atomic mass is 16.3. The zero-order valence-corrected chi connectivity index (χ0v) is 3.72. The Hall–Kier alpha value is -0.590. The maximum absolute atomic E-state index is 5.13. The molecule has 1 rings (SSSR count). The summed E-state index contributed by atoms with van der Waals surface area (Å²) in [6.07, 6.45) is 0. The number of furan rings is 1. The molecule has 0 spiro atoms. The third-order valence-electron chi connectivity index (χ3n) is 0.648. The SMILES string of the molecule is [B]c1ccc([B])o1. The molecular formula is C4H2B2O. The lowest BCUT2D eigenvalue weighted by atomic mass is 10.1. The van der Waals surface area contributed by atoms with Gasteiger partial charge in [0.15, 0.2) is 15.7 Å². The Morgan fingerprint density at radius 1 is 1.14 bits per heavy atom. The summed E-state index contributed by atoms with van der Waals surface area (Å²) in [6.45, 7) is 0. The van der Waals surface area contributed by atoms with Gasteiger partial charge in [-0.2, -0.15) is 0 Å². The number of rotatable bonds is 0. The molecular weight excluding hydrogens is 85.7 g/mol. The second-order valence-electron chi connectivity index (χ2n) is 1.24. The van der Waals surface area contributed by atoms with Crippen molar-refractivity contribution in [2.24, 2.45) is 0 Å². The molecule has 0 aliphatic heterocycles. The van der Waals surface area contributed by atoms with E-state index in [9.17, 15) is 0 Å². The second-order valence-corrected chi connectivity index (χ2v) is 1.24. The van der Waals surface area contributed by atoms with Crippen molar-refractivity contribution in [3.05, 3.63) is 12.1 Å². The molecule has 3 heteroatoms. The Morgan fingerprint density at radius 2 is 1.57 bits per heavy atom. The molecule has 0 aromatic carbocycles. The summed E-state index contributed by atoms with van der Waals surface area (Å²) in [5, 5.41) is 0. The lowest BCUT2D eigenvalue weighted by Crippen LogP contribution is -2.00. The predicted octanol–water partition coefficient (Wildman–Crippen LogP) is -1.13. The molecule has 1 aromatic rings. The van der Waals surface area contributed by atoms with Gasteiger partial charge < -0.3 is 4.42 Å². The van der Waals surface area contributed by atoms with Crippen LogP contribution in [0.2, 0.25) is 0 Å². The van der Waals surface area contributed by atoms with Gasteiger partial charge in [0.1, 0.15) is 0 Å². The summed E-state index contributed by atoms with van der Waals surface area (Å²) in [6, 6.07) is 3.21. The Morgan fingerprint density at radius 3 is 1.71 bits per heavy atom. The first-order chi connectivity index (χ1) is 3.29. The van der Waals surface area contributed by atoms with E-state index in [-0.39, 0.29) is 0 Å². The Balaban J connectivity index is 3.04. The van der Waals surface area contributed by atoms with Gasteiger partial charge in [0.05, 0.1) is 0 Å². The van der Waals surface area contributed by atoms with Gasteiger partial charge in [0.2, 0.25) is 0 Å². The summed E-state index contributed by atoms with van der Waals surface area (Å²) < 4.78 is 4.64. The third kappa shape index (κ3) is 0.889. The van der Waals surface area contributed by atoms with Crippen LogP contribution in [0, 0.1) is 0 Å². The molecule has 0 N–H and O–H groups in total. The average Bonchev–Trinajstić information content (AvgIpc) is 1.87. The smallest absolute Gasteiger partial charge is 0.167 e. The molecule has 1 nitrogen and oxygen atoms in total. The maximum Gasteiger partial charge on any atom is 0.167 e. The monoisotopic (exact) mass is 88.0 g/mol. The van der Waals surface area contributed by atoms with E-state index in [4.69, 9.17) is 15.7 Å². The highest BCUT2D eigenvalue weighted by Gasteiger charge is 1.85. The molecule has 30 valence electrons. The van der Waals surface area contributed by atoms with Crippen LogP contribution in [0.1, 0.15) is 0 Å². The molecule has 0 unspecified atom stereocenters. The summed E-state index contributed by atoms with van der Waals surface area (Å²) in [5.74, 6) is 0. The van der Waals surface area contributed by atoms with Crippen LogP contribution < -0.4 is 11.3 Å². The molecule has 0 saturated carbocycles. The van der Waals surface area contributed by atoms with E-state index >= 15 is 0 Å². The maximum atomic E-state index is 5.13. The standard InChI is InChI=1S/C4H2B2O/c5-3-1-2-4(6)7-3/h1-2H. The quantitative estimate of drug-likeness (QED) is 0.365. The number of hydrogen-bond donors (Lipinski definition) is 0. The van der Waals surface area contributed by atoms with Crippen LogP contribution >= 0.6 is 0 Å². The van der Waals surface area contributed by atoms with E-state index in [2.05, 4.69) is 4.42 Å². The van der Waals surface area contributed by atoms with Crippen LogP contribution in [0.25, 0.3) is 0 Å². The highest BCUT2D eigenvalue weighted by Crippen LogP contribution is 1.71. The minimum Gasteiger partial charge on any atom is -0.490 e. The molecule has 7 heavy (non-hydrogen) atoms. The van der Waals surface area contributed by atoms with E-state index in [0.717, 1.165) is 0 Å². The molecule has 0 atom stereocenters. The van der Waals surface area contributed by atoms with E-state index in [1.807, 2.05) is 0 Å². The van der Waals surface area contributed by atoms with Gasteiger partial charge in [-0.3, -0.25) is 0 Å². The van der Waals surface area contributed by atoms with Crippen LogP contribution in [0.5, 0.6) is 0 Å². The summed E-state index contributed by atoms with van der Waals surface area (Å²) in [5.41, 5.74) is 0.718. The molecule has 0 fully saturated rings. The van der Waals surface area contributed by atoms with Gasteiger partial charge in [-0.25, -0.2) is 0 Å². The fourth-order valence-corrected chi connectivity index (χ4v) is 0.368. The Bertz CT molecular complexity index is 142. The Kier molecular flexibility index (Phi) is 0.970. The Labute approximate surface area is 44.5 Å². The van der Waals surface area contributed by atoms with Crippen LogP contribution in [-0.4, -0.2) is 15.7 Å². The normalized spacial score (nSPS) is 9.14. The molecule has 1 aromatic heterocycles. The van der Waals surface area contributed by atoms with Gasteiger partial charge in [0, 0.05) is 11.3 Å². The van der Waals surface area contributed by atoms with Crippen molar-refractivity contribution in [2.75, 3.05) is 0 Å². The summed E-state index contributed by atoms with van der Waals surface area (Å²) >= 11 is 0. The van der Waals surface area contributed by atoms with E-state index < -0.39 is 0 Å². The highest BCUT2D eigenvalue weighted by molar-refractivity contribution is 6.34. The second kappa shape index (κ2) is 1.49. The van der Waals surface area contributed by atoms with E-state index in [1.54, 1.807) is 12.1 Å². The summed E-state index contributed by atoms with van der Waals surface area (Å²) in [4.78, 5) is 0. The van der Waals surface area contributed by atoms with Crippen molar-refractivity contribution in [2.45, 2.75) is 0 Å². The first-order valence-electron chi connectivity index (χ1n) is 1.90. The van der Waals surface area contributed by atoms with Gasteiger partial charge in [-0.05, 0) is 12.1 Å². The van der Waals surface area contributed by atoms with Gasteiger partial charge in [-0.1, -0.05) is 0 Å². The van der Waals surface area contributed by atoms with E-state index in [1.165, 1.54) is 0 Å². The van der Waals surface area contributed by atoms with Crippen molar-refractivity contribution in [3.8, 4) is 0 Å². The van der Waals surface area contributed by atoms with Gasteiger partial charge >= 0.3 is 0 Å². The molecule has 0 amide bonds. The zero-order chi connectivity index (χ0) is 5.28. The molecule has 0 saturated heterocycles. The molecule has 4 radical (unpaired) electrons. The molecule has 0 aliphatic rings. The van der Waals surface area contributed by atoms with Crippen molar-refractivity contribution in [1.82, 2.24) is 0 Å². The van der Waals surface area contributed by atoms with Crippen LogP contribution in [0.3, 0.4) is 0 Å². The first kappa shape index (κ1) is 4.57.